The number of halogens is 2. The molecule has 1 aromatic rings. The monoisotopic (exact) mass is 450 g/mol. The molecule has 0 aromatic heterocycles. The number of hydrogen-bond donors (Lipinski definition) is 1. The van der Waals surface area contributed by atoms with Gasteiger partial charge in [0.2, 0.25) is 5.91 Å². The Morgan fingerprint density at radius 2 is 2.25 bits per heavy atom. The van der Waals surface area contributed by atoms with Crippen molar-refractivity contribution in [2.75, 3.05) is 19.6 Å². The molecule has 0 aliphatic carbocycles. The summed E-state index contributed by atoms with van der Waals surface area (Å²) in [6.07, 6.45) is 2.42. The fourth-order valence-electron chi connectivity index (χ4n) is 2.18. The number of carbonyl (C=O) groups excluding carboxylic acids is 2. The van der Waals surface area contributed by atoms with Crippen LogP contribution in [0.2, 0.25) is 0 Å². The molecule has 0 unspecified atom stereocenters. The van der Waals surface area contributed by atoms with Crippen LogP contribution in [-0.4, -0.2) is 36.3 Å². The van der Waals surface area contributed by atoms with Gasteiger partial charge >= 0.3 is 0 Å². The van der Waals surface area contributed by atoms with E-state index in [1.54, 1.807) is 0 Å². The van der Waals surface area contributed by atoms with Crippen molar-refractivity contribution in [3.63, 3.8) is 0 Å². The average Bonchev–Trinajstić information content (AvgIpc) is 2.83. The Bertz CT molecular complexity index is 522. The second-order valence-corrected chi connectivity index (χ2v) is 6.80. The zero-order chi connectivity index (χ0) is 14.5. The summed E-state index contributed by atoms with van der Waals surface area (Å²) in [7, 11) is 0. The van der Waals surface area contributed by atoms with Crippen molar-refractivity contribution in [3.05, 3.63) is 31.8 Å². The van der Waals surface area contributed by atoms with E-state index in [4.69, 9.17) is 0 Å². The minimum atomic E-state index is -0.0663. The molecule has 2 rings (SSSR count). The average molecular weight is 451 g/mol. The number of amides is 2. The van der Waals surface area contributed by atoms with Crippen LogP contribution in [0, 0.1) is 3.57 Å². The van der Waals surface area contributed by atoms with E-state index in [1.165, 1.54) is 0 Å². The van der Waals surface area contributed by atoms with Gasteiger partial charge in [-0.05, 0) is 53.6 Å². The van der Waals surface area contributed by atoms with Crippen molar-refractivity contribution < 1.29 is 9.59 Å². The molecule has 20 heavy (non-hydrogen) atoms. The first kappa shape index (κ1) is 15.8. The summed E-state index contributed by atoms with van der Waals surface area (Å²) < 4.78 is 1.82. The van der Waals surface area contributed by atoms with Crippen molar-refractivity contribution >= 4 is 50.3 Å². The Labute approximate surface area is 140 Å². The number of likely N-dealkylation sites (tertiary alicyclic amines) is 1. The van der Waals surface area contributed by atoms with Gasteiger partial charge in [0, 0.05) is 34.1 Å². The van der Waals surface area contributed by atoms with Crippen LogP contribution in [0.25, 0.3) is 0 Å². The molecule has 0 atom stereocenters. The minimum absolute atomic E-state index is 0.0663. The van der Waals surface area contributed by atoms with E-state index in [-0.39, 0.29) is 11.8 Å². The maximum atomic E-state index is 12.1. The summed E-state index contributed by atoms with van der Waals surface area (Å²) in [4.78, 5) is 25.4. The quantitative estimate of drug-likeness (QED) is 0.554. The first-order valence-corrected chi connectivity index (χ1v) is 8.46. The maximum absolute atomic E-state index is 12.1. The van der Waals surface area contributed by atoms with Crippen molar-refractivity contribution in [3.8, 4) is 0 Å². The lowest BCUT2D eigenvalue weighted by Gasteiger charge is -2.15. The third-order valence-corrected chi connectivity index (χ3v) is 4.67. The van der Waals surface area contributed by atoms with Crippen LogP contribution >= 0.6 is 38.5 Å². The molecule has 0 spiro atoms. The van der Waals surface area contributed by atoms with Crippen molar-refractivity contribution in [2.24, 2.45) is 0 Å². The van der Waals surface area contributed by atoms with Gasteiger partial charge in [0.15, 0.2) is 0 Å². The van der Waals surface area contributed by atoms with Gasteiger partial charge in [-0.3, -0.25) is 9.59 Å². The number of nitrogens with zero attached hydrogens (tertiary/aromatic N) is 1. The van der Waals surface area contributed by atoms with E-state index in [0.717, 1.165) is 34.0 Å². The number of rotatable bonds is 5. The fraction of sp³-hybridized carbons (Fsp3) is 0.429. The molecule has 6 heteroatoms. The molecule has 2 amide bonds. The molecule has 0 radical (unpaired) electrons. The molecule has 108 valence electrons. The molecule has 0 saturated carbocycles. The summed E-state index contributed by atoms with van der Waals surface area (Å²) in [6, 6.07) is 5.64. The van der Waals surface area contributed by atoms with E-state index in [2.05, 4.69) is 43.8 Å². The lowest BCUT2D eigenvalue weighted by molar-refractivity contribution is -0.127. The molecule has 0 bridgehead atoms. The molecule has 1 aromatic carbocycles. The minimum Gasteiger partial charge on any atom is -0.352 e. The highest BCUT2D eigenvalue weighted by atomic mass is 127. The molecule has 1 saturated heterocycles. The van der Waals surface area contributed by atoms with Crippen molar-refractivity contribution in [1.82, 2.24) is 10.2 Å². The van der Waals surface area contributed by atoms with Crippen LogP contribution in [0.15, 0.2) is 22.7 Å². The molecule has 1 aliphatic heterocycles. The van der Waals surface area contributed by atoms with Gasteiger partial charge in [0.25, 0.3) is 5.91 Å². The molecular weight excluding hydrogens is 435 g/mol. The Kier molecular flexibility index (Phi) is 5.83. The standard InChI is InChI=1S/C14H16BrIN2O2/c15-10-4-5-12(16)11(9-10)14(20)17-6-2-8-18-7-1-3-13(18)19/h4-5,9H,1-3,6-8H2,(H,17,20). The van der Waals surface area contributed by atoms with E-state index in [1.807, 2.05) is 23.1 Å². The summed E-state index contributed by atoms with van der Waals surface area (Å²) >= 11 is 5.52. The number of hydrogen-bond acceptors (Lipinski definition) is 2. The Hall–Kier alpha value is -0.630. The van der Waals surface area contributed by atoms with E-state index in [9.17, 15) is 9.59 Å². The first-order chi connectivity index (χ1) is 9.58. The number of benzene rings is 1. The van der Waals surface area contributed by atoms with Gasteiger partial charge in [0.05, 0.1) is 5.56 Å². The van der Waals surface area contributed by atoms with Crippen molar-refractivity contribution in [1.29, 1.82) is 0 Å². The van der Waals surface area contributed by atoms with Gasteiger partial charge in [-0.2, -0.15) is 0 Å². The first-order valence-electron chi connectivity index (χ1n) is 6.59. The predicted molar refractivity (Wildman–Crippen MR) is 89.6 cm³/mol. The topological polar surface area (TPSA) is 49.4 Å². The SMILES string of the molecule is O=C(NCCCN1CCCC1=O)c1cc(Br)ccc1I. The normalized spacial score (nSPS) is 14.7. The zero-order valence-corrected chi connectivity index (χ0v) is 14.7. The predicted octanol–water partition coefficient (Wildman–Crippen LogP) is 2.80. The maximum Gasteiger partial charge on any atom is 0.252 e. The Balaban J connectivity index is 1.77. The highest BCUT2D eigenvalue weighted by Gasteiger charge is 2.19. The van der Waals surface area contributed by atoms with Crippen LogP contribution in [0.5, 0.6) is 0 Å². The highest BCUT2D eigenvalue weighted by Crippen LogP contribution is 2.18. The molecule has 1 aliphatic rings. The molecule has 1 fully saturated rings. The molecule has 4 nitrogen and oxygen atoms in total. The van der Waals surface area contributed by atoms with Gasteiger partial charge in [-0.25, -0.2) is 0 Å². The van der Waals surface area contributed by atoms with Crippen LogP contribution in [0.1, 0.15) is 29.6 Å². The number of carbonyl (C=O) groups is 2. The van der Waals surface area contributed by atoms with Gasteiger partial charge in [0.1, 0.15) is 0 Å². The summed E-state index contributed by atoms with van der Waals surface area (Å²) in [5.74, 6) is 0.168. The summed E-state index contributed by atoms with van der Waals surface area (Å²) in [5, 5.41) is 2.90. The molecular formula is C14H16BrIN2O2. The van der Waals surface area contributed by atoms with Crippen LogP contribution in [-0.2, 0) is 4.79 Å². The molecule has 1 N–H and O–H groups in total. The van der Waals surface area contributed by atoms with E-state index in [0.29, 0.717) is 18.5 Å². The second kappa shape index (κ2) is 7.40. The zero-order valence-electron chi connectivity index (χ0n) is 11.0. The highest BCUT2D eigenvalue weighted by molar-refractivity contribution is 14.1. The van der Waals surface area contributed by atoms with Crippen LogP contribution in [0.3, 0.4) is 0 Å². The fourth-order valence-corrected chi connectivity index (χ4v) is 3.12. The Morgan fingerprint density at radius 1 is 1.45 bits per heavy atom. The van der Waals surface area contributed by atoms with Crippen LogP contribution in [0.4, 0.5) is 0 Å². The third-order valence-electron chi connectivity index (χ3n) is 3.23. The van der Waals surface area contributed by atoms with Gasteiger partial charge < -0.3 is 10.2 Å². The Morgan fingerprint density at radius 3 is 2.95 bits per heavy atom. The second-order valence-electron chi connectivity index (χ2n) is 4.72. The molecule has 1 heterocycles. The third kappa shape index (κ3) is 4.18. The van der Waals surface area contributed by atoms with Gasteiger partial charge in [-0.1, -0.05) is 15.9 Å². The van der Waals surface area contributed by atoms with Gasteiger partial charge in [-0.15, -0.1) is 0 Å². The van der Waals surface area contributed by atoms with E-state index >= 15 is 0 Å². The lowest BCUT2D eigenvalue weighted by Crippen LogP contribution is -2.30. The largest absolute Gasteiger partial charge is 0.352 e. The van der Waals surface area contributed by atoms with Crippen molar-refractivity contribution in [2.45, 2.75) is 19.3 Å². The van der Waals surface area contributed by atoms with Crippen LogP contribution < -0.4 is 5.32 Å². The summed E-state index contributed by atoms with van der Waals surface area (Å²) in [6.45, 7) is 2.18. The lowest BCUT2D eigenvalue weighted by atomic mass is 10.2. The smallest absolute Gasteiger partial charge is 0.252 e. The van der Waals surface area contributed by atoms with E-state index < -0.39 is 0 Å². The number of nitrogens with one attached hydrogen (secondary N) is 1. The summed E-state index contributed by atoms with van der Waals surface area (Å²) in [5.41, 5.74) is 0.678.